The van der Waals surface area contributed by atoms with Gasteiger partial charge in [-0.1, -0.05) is 12.1 Å². The number of hydrogen-bond acceptors (Lipinski definition) is 4. The van der Waals surface area contributed by atoms with Crippen LogP contribution in [0, 0.1) is 5.92 Å². The fourth-order valence-corrected chi connectivity index (χ4v) is 4.90. The number of benzene rings is 1. The third-order valence-corrected chi connectivity index (χ3v) is 6.10. The first kappa shape index (κ1) is 15.2. The van der Waals surface area contributed by atoms with E-state index in [0.717, 1.165) is 25.2 Å². The number of thioether (sulfide) groups is 1. The summed E-state index contributed by atoms with van der Waals surface area (Å²) >= 11 is 2.02. The zero-order chi connectivity index (χ0) is 14.9. The van der Waals surface area contributed by atoms with Gasteiger partial charge in [-0.2, -0.15) is 11.8 Å². The van der Waals surface area contributed by atoms with Gasteiger partial charge in [-0.3, -0.25) is 0 Å². The van der Waals surface area contributed by atoms with Crippen LogP contribution in [0.15, 0.2) is 24.3 Å². The molecule has 3 rings (SSSR count). The van der Waals surface area contributed by atoms with Crippen molar-refractivity contribution in [2.24, 2.45) is 11.7 Å². The summed E-state index contributed by atoms with van der Waals surface area (Å²) in [4.78, 5) is 2.13. The summed E-state index contributed by atoms with van der Waals surface area (Å²) in [6.45, 7) is 0.867. The minimum Gasteiger partial charge on any atom is -0.378 e. The van der Waals surface area contributed by atoms with Crippen molar-refractivity contribution in [2.75, 3.05) is 37.1 Å². The van der Waals surface area contributed by atoms with E-state index in [1.807, 2.05) is 11.8 Å². The van der Waals surface area contributed by atoms with Gasteiger partial charge in [0, 0.05) is 38.2 Å². The Kier molecular flexibility index (Phi) is 4.48. The van der Waals surface area contributed by atoms with Gasteiger partial charge in [0.05, 0.1) is 5.60 Å². The molecule has 2 saturated heterocycles. The van der Waals surface area contributed by atoms with E-state index in [9.17, 15) is 0 Å². The van der Waals surface area contributed by atoms with Gasteiger partial charge >= 0.3 is 0 Å². The third kappa shape index (κ3) is 3.22. The second kappa shape index (κ2) is 6.19. The van der Waals surface area contributed by atoms with E-state index in [-0.39, 0.29) is 11.6 Å². The largest absolute Gasteiger partial charge is 0.378 e. The number of ether oxygens (including phenoxy) is 1. The molecule has 3 atom stereocenters. The highest BCUT2D eigenvalue weighted by molar-refractivity contribution is 7.99. The highest BCUT2D eigenvalue weighted by atomic mass is 32.2. The molecular weight excluding hydrogens is 280 g/mol. The number of nitrogens with two attached hydrogens (primary N) is 1. The van der Waals surface area contributed by atoms with Gasteiger partial charge in [0.2, 0.25) is 0 Å². The van der Waals surface area contributed by atoms with Gasteiger partial charge < -0.3 is 15.4 Å². The molecule has 0 bridgehead atoms. The Morgan fingerprint density at radius 2 is 2.29 bits per heavy atom. The van der Waals surface area contributed by atoms with Crippen molar-refractivity contribution in [3.63, 3.8) is 0 Å². The van der Waals surface area contributed by atoms with E-state index in [2.05, 4.69) is 43.3 Å². The van der Waals surface area contributed by atoms with Crippen LogP contribution in [-0.4, -0.2) is 37.8 Å². The standard InChI is InChI=1S/C17H26N2OS/c1-19(2)15-5-3-4-13(10-15)16(18)14-6-8-20-17(11-14)7-9-21-12-17/h3-5,10,14,16H,6-9,11-12,18H2,1-2H3. The van der Waals surface area contributed by atoms with Crippen LogP contribution in [0.5, 0.6) is 0 Å². The van der Waals surface area contributed by atoms with Crippen LogP contribution in [0.3, 0.4) is 0 Å². The van der Waals surface area contributed by atoms with Crippen molar-refractivity contribution in [2.45, 2.75) is 30.9 Å². The van der Waals surface area contributed by atoms with E-state index < -0.39 is 0 Å². The van der Waals surface area contributed by atoms with Crippen LogP contribution >= 0.6 is 11.8 Å². The first-order chi connectivity index (χ1) is 10.1. The molecule has 0 saturated carbocycles. The van der Waals surface area contributed by atoms with Gasteiger partial charge in [-0.05, 0) is 48.6 Å². The molecule has 116 valence electrons. The van der Waals surface area contributed by atoms with Gasteiger partial charge in [0.15, 0.2) is 0 Å². The SMILES string of the molecule is CN(C)c1cccc(C(N)C2CCOC3(CCSC3)C2)c1. The van der Waals surface area contributed by atoms with Crippen LogP contribution in [0.25, 0.3) is 0 Å². The van der Waals surface area contributed by atoms with E-state index >= 15 is 0 Å². The van der Waals surface area contributed by atoms with E-state index in [4.69, 9.17) is 10.5 Å². The molecule has 4 heteroatoms. The van der Waals surface area contributed by atoms with Gasteiger partial charge in [-0.25, -0.2) is 0 Å². The summed E-state index contributed by atoms with van der Waals surface area (Å²) in [6, 6.07) is 8.77. The fraction of sp³-hybridized carbons (Fsp3) is 0.647. The molecule has 21 heavy (non-hydrogen) atoms. The lowest BCUT2D eigenvalue weighted by molar-refractivity contribution is -0.0834. The van der Waals surface area contributed by atoms with Crippen molar-refractivity contribution < 1.29 is 4.74 Å². The summed E-state index contributed by atoms with van der Waals surface area (Å²) in [6.07, 6.45) is 3.39. The van der Waals surface area contributed by atoms with Crippen LogP contribution < -0.4 is 10.6 Å². The Morgan fingerprint density at radius 1 is 1.43 bits per heavy atom. The molecule has 2 aliphatic heterocycles. The third-order valence-electron chi connectivity index (χ3n) is 4.88. The van der Waals surface area contributed by atoms with Crippen LogP contribution in [0.4, 0.5) is 5.69 Å². The van der Waals surface area contributed by atoms with Crippen molar-refractivity contribution in [1.82, 2.24) is 0 Å². The number of hydrogen-bond donors (Lipinski definition) is 1. The maximum Gasteiger partial charge on any atom is 0.0783 e. The average Bonchev–Trinajstić information content (AvgIpc) is 2.94. The average molecular weight is 306 g/mol. The zero-order valence-corrected chi connectivity index (χ0v) is 13.9. The highest BCUT2D eigenvalue weighted by Crippen LogP contribution is 2.43. The number of rotatable bonds is 3. The normalized spacial score (nSPS) is 30.5. The molecule has 0 aliphatic carbocycles. The molecular formula is C17H26N2OS. The Labute approximate surface area is 132 Å². The number of nitrogens with zero attached hydrogens (tertiary/aromatic N) is 1. The van der Waals surface area contributed by atoms with Crippen molar-refractivity contribution in [3.05, 3.63) is 29.8 Å². The molecule has 3 unspecified atom stereocenters. The molecule has 0 amide bonds. The number of anilines is 1. The van der Waals surface area contributed by atoms with Crippen molar-refractivity contribution in [1.29, 1.82) is 0 Å². The fourth-order valence-electron chi connectivity index (χ4n) is 3.52. The molecule has 2 heterocycles. The minimum atomic E-state index is 0.115. The lowest BCUT2D eigenvalue weighted by Crippen LogP contribution is -2.42. The van der Waals surface area contributed by atoms with Crippen LogP contribution in [-0.2, 0) is 4.74 Å². The molecule has 1 aromatic carbocycles. The molecule has 2 fully saturated rings. The van der Waals surface area contributed by atoms with E-state index in [1.165, 1.54) is 23.4 Å². The molecule has 0 aromatic heterocycles. The maximum atomic E-state index is 6.61. The second-order valence-electron chi connectivity index (χ2n) is 6.60. The summed E-state index contributed by atoms with van der Waals surface area (Å²) < 4.78 is 6.12. The van der Waals surface area contributed by atoms with E-state index in [0.29, 0.717) is 5.92 Å². The minimum absolute atomic E-state index is 0.115. The molecule has 1 spiro atoms. The summed E-state index contributed by atoms with van der Waals surface area (Å²) in [5.41, 5.74) is 9.21. The first-order valence-corrected chi connectivity index (χ1v) is 9.00. The smallest absolute Gasteiger partial charge is 0.0783 e. The van der Waals surface area contributed by atoms with Crippen LogP contribution in [0.2, 0.25) is 0 Å². The quantitative estimate of drug-likeness (QED) is 0.931. The molecule has 2 aliphatic rings. The van der Waals surface area contributed by atoms with Crippen molar-refractivity contribution in [3.8, 4) is 0 Å². The topological polar surface area (TPSA) is 38.5 Å². The zero-order valence-electron chi connectivity index (χ0n) is 13.0. The summed E-state index contributed by atoms with van der Waals surface area (Å²) in [5, 5.41) is 0. The first-order valence-electron chi connectivity index (χ1n) is 7.84. The lowest BCUT2D eigenvalue weighted by atomic mass is 9.79. The summed E-state index contributed by atoms with van der Waals surface area (Å²) in [7, 11) is 4.15. The van der Waals surface area contributed by atoms with Crippen molar-refractivity contribution >= 4 is 17.4 Å². The Balaban J connectivity index is 1.75. The second-order valence-corrected chi connectivity index (χ2v) is 7.71. The highest BCUT2D eigenvalue weighted by Gasteiger charge is 2.42. The summed E-state index contributed by atoms with van der Waals surface area (Å²) in [5.74, 6) is 2.92. The predicted octanol–water partition coefficient (Wildman–Crippen LogP) is 3.05. The maximum absolute atomic E-state index is 6.61. The predicted molar refractivity (Wildman–Crippen MR) is 91.0 cm³/mol. The van der Waals surface area contributed by atoms with Crippen LogP contribution in [0.1, 0.15) is 30.9 Å². The monoisotopic (exact) mass is 306 g/mol. The molecule has 1 aromatic rings. The Morgan fingerprint density at radius 3 is 3.00 bits per heavy atom. The molecule has 3 nitrogen and oxygen atoms in total. The lowest BCUT2D eigenvalue weighted by Gasteiger charge is -2.40. The molecule has 2 N–H and O–H groups in total. The Hall–Kier alpha value is -0.710. The Bertz CT molecular complexity index is 485. The van der Waals surface area contributed by atoms with Gasteiger partial charge in [0.1, 0.15) is 0 Å². The van der Waals surface area contributed by atoms with Gasteiger partial charge in [-0.15, -0.1) is 0 Å². The van der Waals surface area contributed by atoms with E-state index in [1.54, 1.807) is 0 Å². The van der Waals surface area contributed by atoms with Gasteiger partial charge in [0.25, 0.3) is 0 Å². The molecule has 0 radical (unpaired) electrons.